The molecule has 0 aliphatic heterocycles. The summed E-state index contributed by atoms with van der Waals surface area (Å²) in [6, 6.07) is 21.3. The number of benzene rings is 3. The van der Waals surface area contributed by atoms with Gasteiger partial charge in [-0.15, -0.1) is 0 Å². The van der Waals surface area contributed by atoms with Crippen LogP contribution in [0.15, 0.2) is 66.7 Å². The van der Waals surface area contributed by atoms with Crippen LogP contribution in [0.5, 0.6) is 0 Å². The van der Waals surface area contributed by atoms with Crippen molar-refractivity contribution in [2.24, 2.45) is 0 Å². The summed E-state index contributed by atoms with van der Waals surface area (Å²) in [6.07, 6.45) is 0.896. The molecule has 0 saturated heterocycles. The topological polar surface area (TPSA) is 41.1 Å². The van der Waals surface area contributed by atoms with Crippen LogP contribution in [-0.2, 0) is 6.42 Å². The van der Waals surface area contributed by atoms with Crippen LogP contribution >= 0.6 is 11.6 Å². The second-order valence-corrected chi connectivity index (χ2v) is 6.17. The van der Waals surface area contributed by atoms with Crippen LogP contribution in [-0.4, -0.2) is 6.03 Å². The highest BCUT2D eigenvalue weighted by atomic mass is 35.5. The second kappa shape index (κ2) is 6.02. The van der Waals surface area contributed by atoms with Gasteiger partial charge in [-0.05, 0) is 52.9 Å². The van der Waals surface area contributed by atoms with Gasteiger partial charge in [0.25, 0.3) is 0 Å². The quantitative estimate of drug-likeness (QED) is 0.495. The molecule has 1 aliphatic carbocycles. The molecule has 4 heteroatoms. The molecule has 0 unspecified atom stereocenters. The summed E-state index contributed by atoms with van der Waals surface area (Å²) in [4.78, 5) is 12.2. The number of rotatable bonds is 2. The van der Waals surface area contributed by atoms with Crippen molar-refractivity contribution in [1.82, 2.24) is 0 Å². The lowest BCUT2D eigenvalue weighted by Crippen LogP contribution is -2.19. The molecule has 0 heterocycles. The smallest absolute Gasteiger partial charge is 0.308 e. The van der Waals surface area contributed by atoms with Crippen LogP contribution in [0, 0.1) is 0 Å². The lowest BCUT2D eigenvalue weighted by molar-refractivity contribution is 0.262. The highest BCUT2D eigenvalue weighted by molar-refractivity contribution is 6.33. The van der Waals surface area contributed by atoms with Gasteiger partial charge in [0.15, 0.2) is 0 Å². The number of hydrogen-bond acceptors (Lipinski definition) is 1. The lowest BCUT2D eigenvalue weighted by Gasteiger charge is -2.10. The largest absolute Gasteiger partial charge is 0.323 e. The second-order valence-electron chi connectivity index (χ2n) is 5.76. The molecule has 0 spiro atoms. The van der Waals surface area contributed by atoms with Crippen LogP contribution in [0.4, 0.5) is 16.2 Å². The minimum Gasteiger partial charge on any atom is -0.308 e. The molecule has 2 amide bonds. The van der Waals surface area contributed by atoms with Crippen molar-refractivity contribution in [3.63, 3.8) is 0 Å². The number of anilines is 2. The lowest BCUT2D eigenvalue weighted by atomic mass is 10.1. The number of urea groups is 1. The van der Waals surface area contributed by atoms with E-state index in [0.29, 0.717) is 10.7 Å². The van der Waals surface area contributed by atoms with E-state index in [1.807, 2.05) is 24.3 Å². The summed E-state index contributed by atoms with van der Waals surface area (Å²) in [6.45, 7) is 0. The van der Waals surface area contributed by atoms with E-state index in [4.69, 9.17) is 11.6 Å². The van der Waals surface area contributed by atoms with E-state index >= 15 is 0 Å². The number of hydrogen-bond donors (Lipinski definition) is 2. The molecule has 4 rings (SSSR count). The molecule has 2 N–H and O–H groups in total. The Morgan fingerprint density at radius 2 is 1.58 bits per heavy atom. The van der Waals surface area contributed by atoms with Crippen LogP contribution in [0.2, 0.25) is 5.02 Å². The van der Waals surface area contributed by atoms with Crippen molar-refractivity contribution in [1.29, 1.82) is 0 Å². The predicted octanol–water partition coefficient (Wildman–Crippen LogP) is 5.56. The van der Waals surface area contributed by atoms with Gasteiger partial charge in [-0.3, -0.25) is 0 Å². The molecule has 3 aromatic rings. The molecule has 3 aromatic carbocycles. The fraction of sp³-hybridized carbons (Fsp3) is 0.0500. The zero-order valence-electron chi connectivity index (χ0n) is 12.8. The van der Waals surface area contributed by atoms with Gasteiger partial charge >= 0.3 is 6.03 Å². The Kier molecular flexibility index (Phi) is 3.71. The third-order valence-electron chi connectivity index (χ3n) is 4.17. The number of nitrogens with one attached hydrogen (secondary N) is 2. The van der Waals surface area contributed by atoms with Crippen LogP contribution in [0.1, 0.15) is 11.1 Å². The molecular formula is C20H15ClN2O. The Morgan fingerprint density at radius 1 is 0.833 bits per heavy atom. The summed E-state index contributed by atoms with van der Waals surface area (Å²) in [7, 11) is 0. The SMILES string of the molecule is O=C(Nc1ccc2c(c1)Cc1ccccc1-2)Nc1ccccc1Cl. The van der Waals surface area contributed by atoms with E-state index in [1.54, 1.807) is 12.1 Å². The van der Waals surface area contributed by atoms with Gasteiger partial charge < -0.3 is 10.6 Å². The number of amides is 2. The molecule has 0 fully saturated rings. The highest BCUT2D eigenvalue weighted by Crippen LogP contribution is 2.37. The number of halogens is 1. The van der Waals surface area contributed by atoms with E-state index in [1.165, 1.54) is 22.3 Å². The van der Waals surface area contributed by atoms with Crippen molar-refractivity contribution >= 4 is 29.0 Å². The first-order valence-corrected chi connectivity index (χ1v) is 8.12. The van der Waals surface area contributed by atoms with Crippen molar-refractivity contribution in [2.45, 2.75) is 6.42 Å². The zero-order valence-corrected chi connectivity index (χ0v) is 13.6. The van der Waals surface area contributed by atoms with Gasteiger partial charge in [0.1, 0.15) is 0 Å². The van der Waals surface area contributed by atoms with E-state index in [0.717, 1.165) is 12.1 Å². The van der Waals surface area contributed by atoms with E-state index in [-0.39, 0.29) is 6.03 Å². The van der Waals surface area contributed by atoms with Crippen molar-refractivity contribution in [3.05, 3.63) is 82.9 Å². The maximum atomic E-state index is 12.2. The first-order valence-electron chi connectivity index (χ1n) is 7.74. The Labute approximate surface area is 145 Å². The van der Waals surface area contributed by atoms with E-state index < -0.39 is 0 Å². The maximum Gasteiger partial charge on any atom is 0.323 e. The zero-order chi connectivity index (χ0) is 16.5. The molecule has 0 atom stereocenters. The molecule has 0 radical (unpaired) electrons. The molecule has 24 heavy (non-hydrogen) atoms. The minimum absolute atomic E-state index is 0.307. The third-order valence-corrected chi connectivity index (χ3v) is 4.50. The molecule has 0 aromatic heterocycles. The Morgan fingerprint density at radius 3 is 2.46 bits per heavy atom. The summed E-state index contributed by atoms with van der Waals surface area (Å²) in [5, 5.41) is 6.14. The summed E-state index contributed by atoms with van der Waals surface area (Å²) < 4.78 is 0. The fourth-order valence-electron chi connectivity index (χ4n) is 3.07. The predicted molar refractivity (Wildman–Crippen MR) is 98.8 cm³/mol. The number of fused-ring (bicyclic) bond motifs is 3. The van der Waals surface area contributed by atoms with Gasteiger partial charge in [0.05, 0.1) is 10.7 Å². The van der Waals surface area contributed by atoms with Crippen molar-refractivity contribution in [3.8, 4) is 11.1 Å². The highest BCUT2D eigenvalue weighted by Gasteiger charge is 2.18. The van der Waals surface area contributed by atoms with Crippen molar-refractivity contribution < 1.29 is 4.79 Å². The number of carbonyl (C=O) groups excluding carboxylic acids is 1. The van der Waals surface area contributed by atoms with E-state index in [2.05, 4.69) is 41.0 Å². The van der Waals surface area contributed by atoms with Crippen LogP contribution in [0.25, 0.3) is 11.1 Å². The normalized spacial score (nSPS) is 11.5. The van der Waals surface area contributed by atoms with Crippen LogP contribution in [0.3, 0.4) is 0 Å². The number of para-hydroxylation sites is 1. The average Bonchev–Trinajstić information content (AvgIpc) is 2.94. The fourth-order valence-corrected chi connectivity index (χ4v) is 3.25. The summed E-state index contributed by atoms with van der Waals surface area (Å²) in [5.74, 6) is 0. The number of carbonyl (C=O) groups is 1. The summed E-state index contributed by atoms with van der Waals surface area (Å²) >= 11 is 6.06. The molecular weight excluding hydrogens is 320 g/mol. The van der Waals surface area contributed by atoms with Crippen molar-refractivity contribution in [2.75, 3.05) is 10.6 Å². The first kappa shape index (κ1) is 14.8. The van der Waals surface area contributed by atoms with Gasteiger partial charge in [-0.2, -0.15) is 0 Å². The van der Waals surface area contributed by atoms with E-state index in [9.17, 15) is 4.79 Å². The average molecular weight is 335 g/mol. The molecule has 1 aliphatic rings. The van der Waals surface area contributed by atoms with Gasteiger partial charge in [0, 0.05) is 5.69 Å². The Hall–Kier alpha value is -2.78. The molecule has 0 bridgehead atoms. The standard InChI is InChI=1S/C20H15ClN2O/c21-18-7-3-4-8-19(18)23-20(24)22-15-9-10-17-14(12-15)11-13-5-1-2-6-16(13)17/h1-10,12H,11H2,(H2,22,23,24). The van der Waals surface area contributed by atoms with Gasteiger partial charge in [0.2, 0.25) is 0 Å². The summed E-state index contributed by atoms with van der Waals surface area (Å²) in [5.41, 5.74) is 6.43. The monoisotopic (exact) mass is 334 g/mol. The molecule has 118 valence electrons. The Bertz CT molecular complexity index is 936. The third kappa shape index (κ3) is 2.74. The molecule has 3 nitrogen and oxygen atoms in total. The Balaban J connectivity index is 1.52. The van der Waals surface area contributed by atoms with Gasteiger partial charge in [-0.1, -0.05) is 54.1 Å². The molecule has 0 saturated carbocycles. The maximum absolute atomic E-state index is 12.2. The first-order chi connectivity index (χ1) is 11.7. The van der Waals surface area contributed by atoms with Gasteiger partial charge in [-0.25, -0.2) is 4.79 Å². The van der Waals surface area contributed by atoms with Crippen LogP contribution < -0.4 is 10.6 Å². The minimum atomic E-state index is -0.307.